The Morgan fingerprint density at radius 1 is 1.24 bits per heavy atom. The van der Waals surface area contributed by atoms with E-state index in [0.717, 1.165) is 11.3 Å². The van der Waals surface area contributed by atoms with E-state index in [1.165, 1.54) is 0 Å². The highest BCUT2D eigenvalue weighted by Crippen LogP contribution is 2.17. The Morgan fingerprint density at radius 3 is 2.57 bits per heavy atom. The monoisotopic (exact) mass is 304 g/mol. The van der Waals surface area contributed by atoms with Crippen LogP contribution in [0.5, 0.6) is 5.75 Å². The minimum Gasteiger partial charge on any atom is -0.497 e. The van der Waals surface area contributed by atoms with Crippen LogP contribution >= 0.6 is 11.6 Å². The van der Waals surface area contributed by atoms with Gasteiger partial charge in [0.25, 0.3) is 0 Å². The van der Waals surface area contributed by atoms with Gasteiger partial charge in [-0.15, -0.1) is 0 Å². The van der Waals surface area contributed by atoms with Crippen LogP contribution in [0.3, 0.4) is 0 Å². The number of nitrogens with zero attached hydrogens (tertiary/aromatic N) is 1. The Hall–Kier alpha value is -2.07. The highest BCUT2D eigenvalue weighted by atomic mass is 35.5. The molecule has 5 heteroatoms. The molecule has 0 unspecified atom stereocenters. The number of anilines is 1. The third-order valence-corrected chi connectivity index (χ3v) is 3.34. The molecule has 0 aliphatic rings. The zero-order chi connectivity index (χ0) is 15.2. The molecule has 0 aliphatic carbocycles. The van der Waals surface area contributed by atoms with Crippen molar-refractivity contribution < 1.29 is 9.53 Å². The standard InChI is InChI=1S/C16H17ClN2O2/c1-11-14(8-9-15(17)18-11)19-16(20)10-5-12-3-6-13(21-2)7-4-12/h3-4,6-9H,5,10H2,1-2H3,(H,19,20). The fraction of sp³-hybridized carbons (Fsp3) is 0.250. The van der Waals surface area contributed by atoms with Crippen LogP contribution in [-0.4, -0.2) is 18.0 Å². The van der Waals surface area contributed by atoms with Gasteiger partial charge in [-0.1, -0.05) is 23.7 Å². The molecule has 0 atom stereocenters. The fourth-order valence-electron chi connectivity index (χ4n) is 1.93. The van der Waals surface area contributed by atoms with Gasteiger partial charge in [0.15, 0.2) is 0 Å². The predicted octanol–water partition coefficient (Wildman–Crippen LogP) is 3.62. The fourth-order valence-corrected chi connectivity index (χ4v) is 2.12. The van der Waals surface area contributed by atoms with E-state index in [1.807, 2.05) is 31.2 Å². The second kappa shape index (κ2) is 7.09. The zero-order valence-electron chi connectivity index (χ0n) is 12.0. The van der Waals surface area contributed by atoms with Gasteiger partial charge < -0.3 is 10.1 Å². The van der Waals surface area contributed by atoms with E-state index < -0.39 is 0 Å². The number of rotatable bonds is 5. The highest BCUT2D eigenvalue weighted by molar-refractivity contribution is 6.29. The third kappa shape index (κ3) is 4.46. The maximum absolute atomic E-state index is 11.9. The number of methoxy groups -OCH3 is 1. The van der Waals surface area contributed by atoms with Crippen molar-refractivity contribution in [3.8, 4) is 5.75 Å². The summed E-state index contributed by atoms with van der Waals surface area (Å²) < 4.78 is 5.10. The number of aromatic nitrogens is 1. The number of benzene rings is 1. The first kappa shape index (κ1) is 15.3. The number of carbonyl (C=O) groups is 1. The number of aryl methyl sites for hydroxylation is 2. The highest BCUT2D eigenvalue weighted by Gasteiger charge is 2.06. The Kier molecular flexibility index (Phi) is 5.17. The molecule has 1 amide bonds. The minimum absolute atomic E-state index is 0.0435. The molecule has 4 nitrogen and oxygen atoms in total. The molecular weight excluding hydrogens is 288 g/mol. The summed E-state index contributed by atoms with van der Waals surface area (Å²) in [4.78, 5) is 16.1. The van der Waals surface area contributed by atoms with Crippen molar-refractivity contribution in [2.75, 3.05) is 12.4 Å². The van der Waals surface area contributed by atoms with Gasteiger partial charge in [-0.3, -0.25) is 4.79 Å². The molecule has 0 radical (unpaired) electrons. The van der Waals surface area contributed by atoms with Crippen molar-refractivity contribution in [1.82, 2.24) is 4.98 Å². The molecule has 0 saturated heterocycles. The summed E-state index contributed by atoms with van der Waals surface area (Å²) in [6.07, 6.45) is 1.09. The Morgan fingerprint density at radius 2 is 1.95 bits per heavy atom. The van der Waals surface area contributed by atoms with Crippen LogP contribution in [0.25, 0.3) is 0 Å². The third-order valence-electron chi connectivity index (χ3n) is 3.13. The van der Waals surface area contributed by atoms with Gasteiger partial charge in [-0.25, -0.2) is 4.98 Å². The van der Waals surface area contributed by atoms with Crippen molar-refractivity contribution in [3.63, 3.8) is 0 Å². The maximum Gasteiger partial charge on any atom is 0.224 e. The average molecular weight is 305 g/mol. The number of pyridine rings is 1. The lowest BCUT2D eigenvalue weighted by Gasteiger charge is -2.08. The quantitative estimate of drug-likeness (QED) is 0.858. The molecule has 21 heavy (non-hydrogen) atoms. The molecule has 0 bridgehead atoms. The normalized spacial score (nSPS) is 10.2. The summed E-state index contributed by atoms with van der Waals surface area (Å²) in [7, 11) is 1.63. The van der Waals surface area contributed by atoms with Gasteiger partial charge in [0, 0.05) is 6.42 Å². The second-order valence-corrected chi connectivity index (χ2v) is 5.05. The van der Waals surface area contributed by atoms with E-state index in [4.69, 9.17) is 16.3 Å². The molecule has 1 aromatic carbocycles. The summed E-state index contributed by atoms with van der Waals surface area (Å²) in [6, 6.07) is 11.1. The van der Waals surface area contributed by atoms with Crippen LogP contribution in [0.4, 0.5) is 5.69 Å². The number of hydrogen-bond acceptors (Lipinski definition) is 3. The van der Waals surface area contributed by atoms with Crippen molar-refractivity contribution in [2.45, 2.75) is 19.8 Å². The van der Waals surface area contributed by atoms with Gasteiger partial charge in [0.1, 0.15) is 10.9 Å². The van der Waals surface area contributed by atoms with Gasteiger partial charge in [-0.2, -0.15) is 0 Å². The molecule has 1 heterocycles. The Balaban J connectivity index is 1.89. The van der Waals surface area contributed by atoms with Crippen LogP contribution in [0, 0.1) is 6.92 Å². The lowest BCUT2D eigenvalue weighted by atomic mass is 10.1. The van der Waals surface area contributed by atoms with Gasteiger partial charge in [0.2, 0.25) is 5.91 Å². The van der Waals surface area contributed by atoms with Gasteiger partial charge in [-0.05, 0) is 43.2 Å². The zero-order valence-corrected chi connectivity index (χ0v) is 12.8. The number of carbonyl (C=O) groups excluding carboxylic acids is 1. The maximum atomic E-state index is 11.9. The molecule has 2 rings (SSSR count). The molecule has 110 valence electrons. The molecule has 0 saturated carbocycles. The van der Waals surface area contributed by atoms with E-state index in [2.05, 4.69) is 10.3 Å². The summed E-state index contributed by atoms with van der Waals surface area (Å²) >= 11 is 5.79. The van der Waals surface area contributed by atoms with Crippen molar-refractivity contribution >= 4 is 23.2 Å². The lowest BCUT2D eigenvalue weighted by molar-refractivity contribution is -0.116. The molecular formula is C16H17ClN2O2. The molecule has 0 fully saturated rings. The molecule has 0 spiro atoms. The molecule has 2 aromatic rings. The van der Waals surface area contributed by atoms with Crippen LogP contribution in [-0.2, 0) is 11.2 Å². The van der Waals surface area contributed by atoms with Crippen molar-refractivity contribution in [1.29, 1.82) is 0 Å². The topological polar surface area (TPSA) is 51.2 Å². The first-order valence-electron chi connectivity index (χ1n) is 6.64. The number of amides is 1. The largest absolute Gasteiger partial charge is 0.497 e. The van der Waals surface area contributed by atoms with Crippen LogP contribution in [0.15, 0.2) is 36.4 Å². The van der Waals surface area contributed by atoms with E-state index in [9.17, 15) is 4.79 Å². The van der Waals surface area contributed by atoms with Crippen molar-refractivity contribution in [3.05, 3.63) is 52.8 Å². The van der Waals surface area contributed by atoms with Crippen LogP contribution in [0.1, 0.15) is 17.7 Å². The first-order chi connectivity index (χ1) is 10.1. The number of hydrogen-bond donors (Lipinski definition) is 1. The predicted molar refractivity (Wildman–Crippen MR) is 83.9 cm³/mol. The van der Waals surface area contributed by atoms with E-state index in [0.29, 0.717) is 29.4 Å². The first-order valence-corrected chi connectivity index (χ1v) is 7.02. The SMILES string of the molecule is COc1ccc(CCC(=O)Nc2ccc(Cl)nc2C)cc1. The van der Waals surface area contributed by atoms with Gasteiger partial charge in [0.05, 0.1) is 18.5 Å². The summed E-state index contributed by atoms with van der Waals surface area (Å²) in [5.41, 5.74) is 2.50. The number of ether oxygens (including phenoxy) is 1. The molecule has 1 N–H and O–H groups in total. The Bertz CT molecular complexity index is 627. The summed E-state index contributed by atoms with van der Waals surface area (Å²) in [6.45, 7) is 1.81. The number of nitrogens with one attached hydrogen (secondary N) is 1. The lowest BCUT2D eigenvalue weighted by Crippen LogP contribution is -2.13. The van der Waals surface area contributed by atoms with Crippen LogP contribution in [0.2, 0.25) is 5.15 Å². The number of halogens is 1. The summed E-state index contributed by atoms with van der Waals surface area (Å²) in [5, 5.41) is 3.27. The Labute approximate surface area is 129 Å². The molecule has 1 aromatic heterocycles. The van der Waals surface area contributed by atoms with Crippen molar-refractivity contribution in [2.24, 2.45) is 0 Å². The average Bonchev–Trinajstić information content (AvgIpc) is 2.48. The van der Waals surface area contributed by atoms with E-state index in [1.54, 1.807) is 19.2 Å². The second-order valence-electron chi connectivity index (χ2n) is 4.66. The van der Waals surface area contributed by atoms with Gasteiger partial charge >= 0.3 is 0 Å². The van der Waals surface area contributed by atoms with E-state index >= 15 is 0 Å². The van der Waals surface area contributed by atoms with Crippen LogP contribution < -0.4 is 10.1 Å². The summed E-state index contributed by atoms with van der Waals surface area (Å²) in [5.74, 6) is 0.768. The van der Waals surface area contributed by atoms with E-state index in [-0.39, 0.29) is 5.91 Å². The minimum atomic E-state index is -0.0435. The smallest absolute Gasteiger partial charge is 0.224 e. The molecule has 0 aliphatic heterocycles.